The van der Waals surface area contributed by atoms with Crippen LogP contribution in [-0.4, -0.2) is 50.0 Å². The van der Waals surface area contributed by atoms with Crippen LogP contribution in [-0.2, 0) is 9.53 Å². The fourth-order valence-corrected chi connectivity index (χ4v) is 3.29. The Morgan fingerprint density at radius 3 is 3.08 bits per heavy atom. The molecular formula is C15H17F2N5O2S. The molecule has 2 unspecified atom stereocenters. The third kappa shape index (κ3) is 4.13. The number of carbonyl (C=O) groups excluding carboxylic acids is 1. The number of nitrogens with zero attached hydrogens (tertiary/aromatic N) is 4. The SMILES string of the molecule is CSCC1CCC(n2cnc3c(NC(=O)/C=C/C(F)F)ncnc32)O1. The van der Waals surface area contributed by atoms with Crippen molar-refractivity contribution in [1.29, 1.82) is 0 Å². The molecule has 2 aromatic heterocycles. The van der Waals surface area contributed by atoms with Gasteiger partial charge in [0.05, 0.1) is 12.4 Å². The molecule has 0 saturated carbocycles. The second-order valence-corrected chi connectivity index (χ2v) is 6.39. The van der Waals surface area contributed by atoms with E-state index in [-0.39, 0.29) is 18.1 Å². The van der Waals surface area contributed by atoms with Crippen LogP contribution in [0, 0.1) is 0 Å². The first-order valence-electron chi connectivity index (χ1n) is 7.67. The van der Waals surface area contributed by atoms with E-state index in [1.165, 1.54) is 6.33 Å². The molecule has 3 heterocycles. The Balaban J connectivity index is 1.80. The molecule has 1 saturated heterocycles. The summed E-state index contributed by atoms with van der Waals surface area (Å²) in [5.41, 5.74) is 0.913. The van der Waals surface area contributed by atoms with E-state index < -0.39 is 12.3 Å². The van der Waals surface area contributed by atoms with E-state index in [1.54, 1.807) is 18.1 Å². The number of nitrogens with one attached hydrogen (secondary N) is 1. The molecule has 0 bridgehead atoms. The second kappa shape index (κ2) is 7.87. The Labute approximate surface area is 146 Å². The van der Waals surface area contributed by atoms with Crippen molar-refractivity contribution in [2.45, 2.75) is 31.6 Å². The predicted octanol–water partition coefficient (Wildman–Crippen LogP) is 2.63. The van der Waals surface area contributed by atoms with E-state index in [1.807, 2.05) is 10.8 Å². The number of hydrogen-bond donors (Lipinski definition) is 1. The van der Waals surface area contributed by atoms with Crippen LogP contribution in [0.2, 0.25) is 0 Å². The molecule has 0 radical (unpaired) electrons. The number of hydrogen-bond acceptors (Lipinski definition) is 6. The number of thioether (sulfide) groups is 1. The summed E-state index contributed by atoms with van der Waals surface area (Å²) in [5, 5.41) is 2.44. The van der Waals surface area contributed by atoms with Gasteiger partial charge in [-0.2, -0.15) is 11.8 Å². The van der Waals surface area contributed by atoms with Gasteiger partial charge in [-0.15, -0.1) is 0 Å². The van der Waals surface area contributed by atoms with Gasteiger partial charge < -0.3 is 10.1 Å². The number of amides is 1. The smallest absolute Gasteiger partial charge is 0.257 e. The van der Waals surface area contributed by atoms with Crippen molar-refractivity contribution in [2.75, 3.05) is 17.3 Å². The highest BCUT2D eigenvalue weighted by Crippen LogP contribution is 2.32. The van der Waals surface area contributed by atoms with Crippen molar-refractivity contribution in [3.63, 3.8) is 0 Å². The molecule has 1 fully saturated rings. The highest BCUT2D eigenvalue weighted by atomic mass is 32.2. The van der Waals surface area contributed by atoms with E-state index in [0.29, 0.717) is 17.2 Å². The zero-order valence-electron chi connectivity index (χ0n) is 13.4. The van der Waals surface area contributed by atoms with Gasteiger partial charge in [-0.1, -0.05) is 0 Å². The standard InChI is InChI=1S/C15H17F2N5O2S/c1-25-6-9-2-5-12(24-9)22-8-20-13-14(18-7-19-15(13)22)21-11(23)4-3-10(16)17/h3-4,7-10,12H,2,5-6H2,1H3,(H,18,19,21,23)/b4-3+. The van der Waals surface area contributed by atoms with Crippen molar-refractivity contribution < 1.29 is 18.3 Å². The Morgan fingerprint density at radius 2 is 2.32 bits per heavy atom. The fourth-order valence-electron chi connectivity index (χ4n) is 2.67. The number of carbonyl (C=O) groups is 1. The monoisotopic (exact) mass is 369 g/mol. The lowest BCUT2D eigenvalue weighted by atomic mass is 10.2. The average molecular weight is 369 g/mol. The Kier molecular flexibility index (Phi) is 5.59. The van der Waals surface area contributed by atoms with E-state index in [2.05, 4.69) is 20.3 Å². The van der Waals surface area contributed by atoms with Crippen LogP contribution >= 0.6 is 11.8 Å². The summed E-state index contributed by atoms with van der Waals surface area (Å²) in [7, 11) is 0. The second-order valence-electron chi connectivity index (χ2n) is 5.47. The number of fused-ring (bicyclic) bond motifs is 1. The minimum absolute atomic E-state index is 0.167. The van der Waals surface area contributed by atoms with Gasteiger partial charge in [-0.25, -0.2) is 23.7 Å². The van der Waals surface area contributed by atoms with Crippen molar-refractivity contribution in [3.8, 4) is 0 Å². The molecule has 2 aromatic rings. The first kappa shape index (κ1) is 17.7. The Bertz CT molecular complexity index is 782. The van der Waals surface area contributed by atoms with E-state index >= 15 is 0 Å². The molecule has 0 aliphatic carbocycles. The number of halogens is 2. The fraction of sp³-hybridized carbons (Fsp3) is 0.467. The lowest BCUT2D eigenvalue weighted by molar-refractivity contribution is -0.112. The number of ether oxygens (including phenoxy) is 1. The van der Waals surface area contributed by atoms with Gasteiger partial charge in [0.15, 0.2) is 17.0 Å². The van der Waals surface area contributed by atoms with Gasteiger partial charge in [0.2, 0.25) is 5.91 Å². The zero-order chi connectivity index (χ0) is 17.8. The van der Waals surface area contributed by atoms with E-state index in [4.69, 9.17) is 4.74 Å². The molecule has 3 rings (SSSR count). The summed E-state index contributed by atoms with van der Waals surface area (Å²) in [5.74, 6) is 0.397. The number of allylic oxidation sites excluding steroid dienone is 1. The van der Waals surface area contributed by atoms with Crippen molar-refractivity contribution in [3.05, 3.63) is 24.8 Å². The molecule has 1 N–H and O–H groups in total. The van der Waals surface area contributed by atoms with E-state index in [9.17, 15) is 13.6 Å². The van der Waals surface area contributed by atoms with Crippen LogP contribution in [0.4, 0.5) is 14.6 Å². The molecule has 1 aliphatic heterocycles. The minimum atomic E-state index is -2.69. The average Bonchev–Trinajstić information content (AvgIpc) is 3.20. The quantitative estimate of drug-likeness (QED) is 0.789. The largest absolute Gasteiger partial charge is 0.354 e. The first-order chi connectivity index (χ1) is 12.1. The van der Waals surface area contributed by atoms with Gasteiger partial charge in [-0.05, 0) is 25.2 Å². The van der Waals surface area contributed by atoms with Gasteiger partial charge in [0.1, 0.15) is 12.6 Å². The number of aromatic nitrogens is 4. The predicted molar refractivity (Wildman–Crippen MR) is 90.6 cm³/mol. The zero-order valence-corrected chi connectivity index (χ0v) is 14.2. The summed E-state index contributed by atoms with van der Waals surface area (Å²) in [4.78, 5) is 24.1. The first-order valence-corrected chi connectivity index (χ1v) is 9.07. The lowest BCUT2D eigenvalue weighted by Crippen LogP contribution is -2.13. The molecule has 7 nitrogen and oxygen atoms in total. The lowest BCUT2D eigenvalue weighted by Gasteiger charge is -2.14. The van der Waals surface area contributed by atoms with Gasteiger partial charge in [0, 0.05) is 11.8 Å². The third-order valence-corrected chi connectivity index (χ3v) is 4.45. The van der Waals surface area contributed by atoms with E-state index in [0.717, 1.165) is 24.7 Å². The Hall–Kier alpha value is -2.07. The molecule has 0 aromatic carbocycles. The molecule has 1 aliphatic rings. The minimum Gasteiger partial charge on any atom is -0.354 e. The summed E-state index contributed by atoms with van der Waals surface area (Å²) < 4.78 is 32.1. The summed E-state index contributed by atoms with van der Waals surface area (Å²) in [6.45, 7) is 0. The molecule has 134 valence electrons. The highest BCUT2D eigenvalue weighted by molar-refractivity contribution is 7.98. The number of imidazole rings is 1. The molecule has 2 atom stereocenters. The van der Waals surface area contributed by atoms with Crippen LogP contribution in [0.15, 0.2) is 24.8 Å². The highest BCUT2D eigenvalue weighted by Gasteiger charge is 2.28. The molecule has 1 amide bonds. The van der Waals surface area contributed by atoms with Crippen molar-refractivity contribution in [1.82, 2.24) is 19.5 Å². The summed E-state index contributed by atoms with van der Waals surface area (Å²) in [6.07, 6.45) is 5.33. The van der Waals surface area contributed by atoms with Gasteiger partial charge in [0.25, 0.3) is 6.43 Å². The van der Waals surface area contributed by atoms with Crippen LogP contribution in [0.25, 0.3) is 11.2 Å². The van der Waals surface area contributed by atoms with Gasteiger partial charge in [-0.3, -0.25) is 9.36 Å². The topological polar surface area (TPSA) is 81.9 Å². The van der Waals surface area contributed by atoms with Crippen LogP contribution in [0.3, 0.4) is 0 Å². The maximum absolute atomic E-state index is 12.1. The maximum atomic E-state index is 12.1. The molecular weight excluding hydrogens is 352 g/mol. The molecule has 0 spiro atoms. The van der Waals surface area contributed by atoms with Crippen LogP contribution in [0.1, 0.15) is 19.1 Å². The summed E-state index contributed by atoms with van der Waals surface area (Å²) >= 11 is 1.73. The number of anilines is 1. The Morgan fingerprint density at radius 1 is 1.48 bits per heavy atom. The summed E-state index contributed by atoms with van der Waals surface area (Å²) in [6, 6.07) is 0. The third-order valence-electron chi connectivity index (χ3n) is 3.74. The van der Waals surface area contributed by atoms with Crippen molar-refractivity contribution >= 4 is 34.7 Å². The van der Waals surface area contributed by atoms with Crippen LogP contribution in [0.5, 0.6) is 0 Å². The normalized spacial score (nSPS) is 20.8. The number of alkyl halides is 2. The molecule has 10 heteroatoms. The van der Waals surface area contributed by atoms with Crippen LogP contribution < -0.4 is 5.32 Å². The molecule has 25 heavy (non-hydrogen) atoms. The number of rotatable bonds is 6. The van der Waals surface area contributed by atoms with Crippen molar-refractivity contribution in [2.24, 2.45) is 0 Å². The maximum Gasteiger partial charge on any atom is 0.257 e. The van der Waals surface area contributed by atoms with Gasteiger partial charge >= 0.3 is 0 Å².